The molecule has 0 aliphatic carbocycles. The molecule has 1 amide bonds. The molecular formula is C24H26ClN3O. The average Bonchev–Trinajstić information content (AvgIpc) is 2.77. The summed E-state index contributed by atoms with van der Waals surface area (Å²) in [7, 11) is 0. The van der Waals surface area contributed by atoms with Crippen LogP contribution in [0.3, 0.4) is 0 Å². The van der Waals surface area contributed by atoms with Crippen molar-refractivity contribution in [3.63, 3.8) is 0 Å². The molecular weight excluding hydrogens is 382 g/mol. The number of benzene rings is 3. The van der Waals surface area contributed by atoms with Gasteiger partial charge in [-0.1, -0.05) is 48.0 Å². The number of rotatable bonds is 6. The molecule has 0 unspecified atom stereocenters. The van der Waals surface area contributed by atoms with Gasteiger partial charge >= 0.3 is 0 Å². The highest BCUT2D eigenvalue weighted by molar-refractivity contribution is 6.30. The number of carbonyl (C=O) groups is 1. The third-order valence-electron chi connectivity index (χ3n) is 5.54. The van der Waals surface area contributed by atoms with Crippen LogP contribution in [0, 0.1) is 0 Å². The smallest absolute Gasteiger partial charge is 0.251 e. The van der Waals surface area contributed by atoms with Gasteiger partial charge in [0.1, 0.15) is 0 Å². The predicted molar refractivity (Wildman–Crippen MR) is 121 cm³/mol. The van der Waals surface area contributed by atoms with Gasteiger partial charge in [-0.05, 0) is 54.1 Å². The molecule has 1 fully saturated rings. The Morgan fingerprint density at radius 1 is 0.897 bits per heavy atom. The number of halogens is 1. The summed E-state index contributed by atoms with van der Waals surface area (Å²) < 4.78 is 0. The topological polar surface area (TPSA) is 35.6 Å². The summed E-state index contributed by atoms with van der Waals surface area (Å²) in [6.07, 6.45) is 0.956. The molecule has 3 aromatic rings. The Hall–Kier alpha value is -2.56. The van der Waals surface area contributed by atoms with Crippen molar-refractivity contribution in [2.24, 2.45) is 0 Å². The summed E-state index contributed by atoms with van der Waals surface area (Å²) in [6.45, 7) is 5.82. The molecule has 29 heavy (non-hydrogen) atoms. The summed E-state index contributed by atoms with van der Waals surface area (Å²) in [4.78, 5) is 17.5. The lowest BCUT2D eigenvalue weighted by Crippen LogP contribution is -2.47. The number of fused-ring (bicyclic) bond motifs is 1. The van der Waals surface area contributed by atoms with Gasteiger partial charge in [-0.2, -0.15) is 0 Å². The Bertz CT molecular complexity index is 960. The second kappa shape index (κ2) is 9.29. The second-order valence-electron chi connectivity index (χ2n) is 7.44. The van der Waals surface area contributed by atoms with Crippen LogP contribution in [0.25, 0.3) is 10.8 Å². The zero-order valence-electron chi connectivity index (χ0n) is 16.5. The minimum absolute atomic E-state index is 0.00866. The van der Waals surface area contributed by atoms with Gasteiger partial charge in [0.25, 0.3) is 5.91 Å². The summed E-state index contributed by atoms with van der Waals surface area (Å²) in [6, 6.07) is 22.0. The molecule has 0 bridgehead atoms. The number of amides is 1. The number of hydrogen-bond donors (Lipinski definition) is 1. The highest BCUT2D eigenvalue weighted by Gasteiger charge is 2.17. The zero-order chi connectivity index (χ0) is 20.1. The van der Waals surface area contributed by atoms with Gasteiger partial charge in [0, 0.05) is 49.0 Å². The van der Waals surface area contributed by atoms with Crippen molar-refractivity contribution in [1.29, 1.82) is 0 Å². The summed E-state index contributed by atoms with van der Waals surface area (Å²) in [5, 5.41) is 5.96. The van der Waals surface area contributed by atoms with Crippen molar-refractivity contribution >= 4 is 34.0 Å². The predicted octanol–water partition coefficient (Wildman–Crippen LogP) is 4.44. The van der Waals surface area contributed by atoms with Gasteiger partial charge in [0.15, 0.2) is 0 Å². The molecule has 1 saturated heterocycles. The Balaban J connectivity index is 1.21. The van der Waals surface area contributed by atoms with Gasteiger partial charge in [-0.25, -0.2) is 0 Å². The Morgan fingerprint density at radius 3 is 2.41 bits per heavy atom. The van der Waals surface area contributed by atoms with E-state index in [0.29, 0.717) is 6.54 Å². The van der Waals surface area contributed by atoms with Crippen molar-refractivity contribution in [2.45, 2.75) is 6.42 Å². The van der Waals surface area contributed by atoms with E-state index in [2.05, 4.69) is 27.2 Å². The molecule has 0 aromatic heterocycles. The molecule has 0 atom stereocenters. The fourth-order valence-electron chi connectivity index (χ4n) is 3.90. The van der Waals surface area contributed by atoms with E-state index in [-0.39, 0.29) is 5.91 Å². The van der Waals surface area contributed by atoms with Gasteiger partial charge in [0.05, 0.1) is 0 Å². The molecule has 1 N–H and O–H groups in total. The van der Waals surface area contributed by atoms with Crippen LogP contribution in [-0.4, -0.2) is 50.1 Å². The molecule has 150 valence electrons. The SMILES string of the molecule is O=C(NCCCN1CCN(c2ccc(Cl)cc2)CC1)c1cccc2ccccc12. The maximum absolute atomic E-state index is 12.6. The van der Waals surface area contributed by atoms with Crippen molar-refractivity contribution in [3.8, 4) is 0 Å². The average molecular weight is 408 g/mol. The van der Waals surface area contributed by atoms with Gasteiger partial charge in [-0.3, -0.25) is 9.69 Å². The zero-order valence-corrected chi connectivity index (χ0v) is 17.2. The van der Waals surface area contributed by atoms with Crippen LogP contribution in [-0.2, 0) is 0 Å². The number of nitrogens with one attached hydrogen (secondary N) is 1. The van der Waals surface area contributed by atoms with Crippen LogP contribution in [0.4, 0.5) is 5.69 Å². The molecule has 4 rings (SSSR count). The van der Waals surface area contributed by atoms with E-state index in [9.17, 15) is 4.79 Å². The van der Waals surface area contributed by atoms with Crippen molar-refractivity contribution < 1.29 is 4.79 Å². The normalized spacial score (nSPS) is 14.9. The first-order chi connectivity index (χ1) is 14.2. The lowest BCUT2D eigenvalue weighted by molar-refractivity contribution is 0.0953. The van der Waals surface area contributed by atoms with Crippen LogP contribution >= 0.6 is 11.6 Å². The van der Waals surface area contributed by atoms with Crippen LogP contribution in [0.1, 0.15) is 16.8 Å². The van der Waals surface area contributed by atoms with Gasteiger partial charge in [-0.15, -0.1) is 0 Å². The summed E-state index contributed by atoms with van der Waals surface area (Å²) in [5.74, 6) is 0.00866. The number of nitrogens with zero attached hydrogens (tertiary/aromatic N) is 2. The summed E-state index contributed by atoms with van der Waals surface area (Å²) >= 11 is 5.98. The van der Waals surface area contributed by atoms with E-state index < -0.39 is 0 Å². The molecule has 1 heterocycles. The van der Waals surface area contributed by atoms with E-state index >= 15 is 0 Å². The minimum Gasteiger partial charge on any atom is -0.369 e. The maximum atomic E-state index is 12.6. The molecule has 1 aliphatic heterocycles. The third kappa shape index (κ3) is 4.89. The Morgan fingerprint density at radius 2 is 1.62 bits per heavy atom. The molecule has 4 nitrogen and oxygen atoms in total. The Labute approximate surface area is 177 Å². The van der Waals surface area contributed by atoms with E-state index in [1.54, 1.807) is 0 Å². The lowest BCUT2D eigenvalue weighted by atomic mass is 10.0. The van der Waals surface area contributed by atoms with Crippen molar-refractivity contribution in [3.05, 3.63) is 77.3 Å². The first-order valence-electron chi connectivity index (χ1n) is 10.2. The molecule has 0 saturated carbocycles. The van der Waals surface area contributed by atoms with Gasteiger partial charge < -0.3 is 10.2 Å². The standard InChI is InChI=1S/C24H26ClN3O/c25-20-9-11-21(12-10-20)28-17-15-27(16-18-28)14-4-13-26-24(29)23-8-3-6-19-5-1-2-7-22(19)23/h1-3,5-12H,4,13-18H2,(H,26,29). The van der Waals surface area contributed by atoms with E-state index in [0.717, 1.165) is 60.5 Å². The van der Waals surface area contributed by atoms with E-state index in [1.165, 1.54) is 5.69 Å². The highest BCUT2D eigenvalue weighted by atomic mass is 35.5. The lowest BCUT2D eigenvalue weighted by Gasteiger charge is -2.36. The first kappa shape index (κ1) is 19.7. The van der Waals surface area contributed by atoms with Crippen molar-refractivity contribution in [1.82, 2.24) is 10.2 Å². The minimum atomic E-state index is 0.00866. The number of carbonyl (C=O) groups excluding carboxylic acids is 1. The van der Waals surface area contributed by atoms with Crippen LogP contribution in [0.5, 0.6) is 0 Å². The van der Waals surface area contributed by atoms with E-state index in [4.69, 9.17) is 11.6 Å². The van der Waals surface area contributed by atoms with Crippen LogP contribution < -0.4 is 10.2 Å². The molecule has 0 radical (unpaired) electrons. The first-order valence-corrected chi connectivity index (χ1v) is 10.6. The van der Waals surface area contributed by atoms with Crippen molar-refractivity contribution in [2.75, 3.05) is 44.2 Å². The monoisotopic (exact) mass is 407 g/mol. The number of piperazine rings is 1. The third-order valence-corrected chi connectivity index (χ3v) is 5.79. The fraction of sp³-hybridized carbons (Fsp3) is 0.292. The molecule has 1 aliphatic rings. The molecule has 3 aromatic carbocycles. The molecule has 0 spiro atoms. The number of anilines is 1. The largest absolute Gasteiger partial charge is 0.369 e. The van der Waals surface area contributed by atoms with Crippen LogP contribution in [0.15, 0.2) is 66.7 Å². The Kier molecular flexibility index (Phi) is 6.33. The molecule has 5 heteroatoms. The quantitative estimate of drug-likeness (QED) is 0.614. The summed E-state index contributed by atoms with van der Waals surface area (Å²) in [5.41, 5.74) is 1.98. The maximum Gasteiger partial charge on any atom is 0.251 e. The van der Waals surface area contributed by atoms with Gasteiger partial charge in [0.2, 0.25) is 0 Å². The fourth-order valence-corrected chi connectivity index (χ4v) is 4.03. The van der Waals surface area contributed by atoms with Crippen LogP contribution in [0.2, 0.25) is 5.02 Å². The van der Waals surface area contributed by atoms with E-state index in [1.807, 2.05) is 54.6 Å². The highest BCUT2D eigenvalue weighted by Crippen LogP contribution is 2.20. The second-order valence-corrected chi connectivity index (χ2v) is 7.88. The number of hydrogen-bond acceptors (Lipinski definition) is 3.